The van der Waals surface area contributed by atoms with E-state index >= 15 is 0 Å². The Bertz CT molecular complexity index is 659. The van der Waals surface area contributed by atoms with Gasteiger partial charge in [-0.05, 0) is 36.6 Å². The fourth-order valence-electron chi connectivity index (χ4n) is 3.58. The Balaban J connectivity index is 1.66. The van der Waals surface area contributed by atoms with E-state index < -0.39 is 0 Å². The molecular formula is C18H19N3O. The largest absolute Gasteiger partial charge is 0.300 e. The Hall–Kier alpha value is -2.17. The molecule has 4 nitrogen and oxygen atoms in total. The third-order valence-corrected chi connectivity index (χ3v) is 4.63. The number of carbonyl (C=O) groups is 1. The van der Waals surface area contributed by atoms with Crippen LogP contribution in [-0.4, -0.2) is 18.6 Å². The molecular weight excluding hydrogens is 274 g/mol. The van der Waals surface area contributed by atoms with Crippen molar-refractivity contribution in [2.75, 3.05) is 11.6 Å². The average molecular weight is 293 g/mol. The highest BCUT2D eigenvalue weighted by Gasteiger charge is 2.47. The molecule has 3 unspecified atom stereocenters. The third-order valence-electron chi connectivity index (χ3n) is 4.63. The molecule has 2 saturated heterocycles. The van der Waals surface area contributed by atoms with Crippen molar-refractivity contribution in [2.24, 2.45) is 5.92 Å². The molecule has 2 N–H and O–H groups in total. The fraction of sp³-hybridized carbons (Fsp3) is 0.278. The Morgan fingerprint density at radius 1 is 0.955 bits per heavy atom. The molecule has 1 amide bonds. The molecule has 22 heavy (non-hydrogen) atoms. The lowest BCUT2D eigenvalue weighted by molar-refractivity contribution is -0.121. The highest BCUT2D eigenvalue weighted by molar-refractivity contribution is 5.97. The summed E-state index contributed by atoms with van der Waals surface area (Å²) in [5.74, 6) is 0.356. The van der Waals surface area contributed by atoms with Crippen LogP contribution in [0, 0.1) is 5.92 Å². The number of nitrogens with zero attached hydrogens (tertiary/aromatic N) is 1. The number of para-hydroxylation sites is 1. The molecule has 4 heteroatoms. The number of amides is 1. The normalized spacial score (nSPS) is 27.7. The summed E-state index contributed by atoms with van der Waals surface area (Å²) in [6.45, 7) is 0.920. The highest BCUT2D eigenvalue weighted by Crippen LogP contribution is 2.37. The molecule has 0 aromatic heterocycles. The van der Waals surface area contributed by atoms with Gasteiger partial charge in [-0.15, -0.1) is 0 Å². The number of piperidine rings is 1. The average Bonchev–Trinajstić information content (AvgIpc) is 2.94. The zero-order chi connectivity index (χ0) is 14.9. The van der Waals surface area contributed by atoms with Gasteiger partial charge in [0.2, 0.25) is 5.91 Å². The van der Waals surface area contributed by atoms with E-state index in [2.05, 4.69) is 22.9 Å². The van der Waals surface area contributed by atoms with Crippen molar-refractivity contribution < 1.29 is 4.79 Å². The van der Waals surface area contributed by atoms with Gasteiger partial charge in [-0.2, -0.15) is 0 Å². The van der Waals surface area contributed by atoms with Crippen LogP contribution in [-0.2, 0) is 4.79 Å². The number of benzene rings is 2. The predicted molar refractivity (Wildman–Crippen MR) is 86.1 cm³/mol. The quantitative estimate of drug-likeness (QED) is 0.892. The van der Waals surface area contributed by atoms with Crippen LogP contribution in [0.25, 0.3) is 0 Å². The van der Waals surface area contributed by atoms with Crippen molar-refractivity contribution >= 4 is 11.6 Å². The first kappa shape index (κ1) is 13.5. The van der Waals surface area contributed by atoms with Crippen LogP contribution in [0.5, 0.6) is 0 Å². The molecule has 112 valence electrons. The van der Waals surface area contributed by atoms with E-state index in [1.807, 2.05) is 48.5 Å². The van der Waals surface area contributed by atoms with Crippen LogP contribution < -0.4 is 15.8 Å². The van der Waals surface area contributed by atoms with E-state index in [1.165, 1.54) is 5.56 Å². The van der Waals surface area contributed by atoms with E-state index in [0.29, 0.717) is 0 Å². The second kappa shape index (κ2) is 5.55. The highest BCUT2D eigenvalue weighted by atomic mass is 16.2. The summed E-state index contributed by atoms with van der Waals surface area (Å²) in [5.41, 5.74) is 5.48. The molecule has 0 bridgehead atoms. The molecule has 3 atom stereocenters. The monoisotopic (exact) mass is 293 g/mol. The number of carbonyl (C=O) groups excluding carboxylic acids is 1. The Kier molecular flexibility index (Phi) is 3.41. The van der Waals surface area contributed by atoms with Crippen molar-refractivity contribution in [2.45, 2.75) is 18.5 Å². The Morgan fingerprint density at radius 3 is 2.36 bits per heavy atom. The summed E-state index contributed by atoms with van der Waals surface area (Å²) in [5, 5.41) is 5.14. The minimum atomic E-state index is -0.0589. The number of hydrogen-bond donors (Lipinski definition) is 2. The lowest BCUT2D eigenvalue weighted by Gasteiger charge is -2.32. The maximum Gasteiger partial charge on any atom is 0.248 e. The van der Waals surface area contributed by atoms with Gasteiger partial charge in [0, 0.05) is 0 Å². The minimum absolute atomic E-state index is 0.00617. The molecule has 4 rings (SSSR count). The van der Waals surface area contributed by atoms with E-state index in [0.717, 1.165) is 18.7 Å². The second-order valence-electron chi connectivity index (χ2n) is 5.90. The number of hydrogen-bond acceptors (Lipinski definition) is 3. The van der Waals surface area contributed by atoms with E-state index in [9.17, 15) is 4.79 Å². The minimum Gasteiger partial charge on any atom is -0.300 e. The Labute approximate surface area is 130 Å². The molecule has 0 aliphatic carbocycles. The molecule has 2 aromatic rings. The number of anilines is 1. The predicted octanol–water partition coefficient (Wildman–Crippen LogP) is 2.26. The maximum absolute atomic E-state index is 12.9. The van der Waals surface area contributed by atoms with Crippen molar-refractivity contribution in [3.05, 3.63) is 66.2 Å². The van der Waals surface area contributed by atoms with Gasteiger partial charge in [-0.3, -0.25) is 10.1 Å². The smallest absolute Gasteiger partial charge is 0.248 e. The molecule has 0 saturated carbocycles. The lowest BCUT2D eigenvalue weighted by Crippen LogP contribution is -2.50. The number of nitrogens with one attached hydrogen (secondary N) is 2. The molecule has 0 spiro atoms. The van der Waals surface area contributed by atoms with E-state index in [1.54, 1.807) is 5.01 Å². The van der Waals surface area contributed by atoms with Gasteiger partial charge in [0.05, 0.1) is 17.8 Å². The maximum atomic E-state index is 12.9. The summed E-state index contributed by atoms with van der Waals surface area (Å²) in [7, 11) is 0. The van der Waals surface area contributed by atoms with Gasteiger partial charge in [0.1, 0.15) is 0 Å². The molecule has 2 aliphatic rings. The number of hydrazine groups is 1. The van der Waals surface area contributed by atoms with Crippen LogP contribution >= 0.6 is 0 Å². The lowest BCUT2D eigenvalue weighted by atomic mass is 9.79. The first-order valence-electron chi connectivity index (χ1n) is 7.78. The SMILES string of the molecule is O=C1C2C(NCCC2c2ccccc2)NN1c1ccccc1. The van der Waals surface area contributed by atoms with Crippen LogP contribution in [0.15, 0.2) is 60.7 Å². The van der Waals surface area contributed by atoms with Crippen molar-refractivity contribution in [3.63, 3.8) is 0 Å². The summed E-state index contributed by atoms with van der Waals surface area (Å²) < 4.78 is 0. The Morgan fingerprint density at radius 2 is 1.64 bits per heavy atom. The number of fused-ring (bicyclic) bond motifs is 1. The number of rotatable bonds is 2. The summed E-state index contributed by atoms with van der Waals surface area (Å²) in [4.78, 5) is 12.9. The van der Waals surface area contributed by atoms with E-state index in [-0.39, 0.29) is 23.9 Å². The molecule has 2 aromatic carbocycles. The fourth-order valence-corrected chi connectivity index (χ4v) is 3.58. The second-order valence-corrected chi connectivity index (χ2v) is 5.90. The standard InChI is InChI=1S/C18H19N3O/c22-18-16-15(13-7-3-1-4-8-13)11-12-19-17(16)20-21(18)14-9-5-2-6-10-14/h1-10,15-17,19-20H,11-12H2. The first-order valence-corrected chi connectivity index (χ1v) is 7.78. The summed E-state index contributed by atoms with van der Waals surface area (Å²) in [6, 6.07) is 20.2. The topological polar surface area (TPSA) is 44.4 Å². The van der Waals surface area contributed by atoms with Gasteiger partial charge < -0.3 is 0 Å². The molecule has 2 fully saturated rings. The summed E-state index contributed by atoms with van der Waals surface area (Å²) in [6.07, 6.45) is 0.993. The third kappa shape index (κ3) is 2.21. The zero-order valence-electron chi connectivity index (χ0n) is 12.3. The van der Waals surface area contributed by atoms with Gasteiger partial charge in [-0.25, -0.2) is 10.4 Å². The zero-order valence-corrected chi connectivity index (χ0v) is 12.3. The van der Waals surface area contributed by atoms with Crippen molar-refractivity contribution in [1.29, 1.82) is 0 Å². The van der Waals surface area contributed by atoms with Crippen molar-refractivity contribution in [1.82, 2.24) is 10.7 Å². The van der Waals surface area contributed by atoms with Crippen molar-refractivity contribution in [3.8, 4) is 0 Å². The van der Waals surface area contributed by atoms with Crippen LogP contribution in [0.3, 0.4) is 0 Å². The van der Waals surface area contributed by atoms with Crippen LogP contribution in [0.1, 0.15) is 17.9 Å². The molecule has 2 heterocycles. The van der Waals surface area contributed by atoms with E-state index in [4.69, 9.17) is 0 Å². The van der Waals surface area contributed by atoms with Crippen LogP contribution in [0.2, 0.25) is 0 Å². The van der Waals surface area contributed by atoms with Gasteiger partial charge >= 0.3 is 0 Å². The van der Waals surface area contributed by atoms with Gasteiger partial charge in [0.25, 0.3) is 0 Å². The summed E-state index contributed by atoms with van der Waals surface area (Å²) >= 11 is 0. The van der Waals surface area contributed by atoms with Crippen LogP contribution in [0.4, 0.5) is 5.69 Å². The van der Waals surface area contributed by atoms with Gasteiger partial charge in [-0.1, -0.05) is 48.5 Å². The van der Waals surface area contributed by atoms with Gasteiger partial charge in [0.15, 0.2) is 0 Å². The first-order chi connectivity index (χ1) is 10.8. The molecule has 0 radical (unpaired) electrons. The molecule has 2 aliphatic heterocycles.